The van der Waals surface area contributed by atoms with Gasteiger partial charge in [0, 0.05) is 12.1 Å². The van der Waals surface area contributed by atoms with Crippen LogP contribution in [0, 0.1) is 5.82 Å². The molecule has 0 unspecified atom stereocenters. The first-order valence-corrected chi connectivity index (χ1v) is 7.53. The minimum atomic E-state index is -0.501. The normalized spacial score (nSPS) is 10.5. The van der Waals surface area contributed by atoms with Crippen LogP contribution in [0.1, 0.15) is 23.0 Å². The van der Waals surface area contributed by atoms with Crippen molar-refractivity contribution in [1.82, 2.24) is 19.9 Å². The van der Waals surface area contributed by atoms with Crippen molar-refractivity contribution < 1.29 is 18.7 Å². The van der Waals surface area contributed by atoms with Gasteiger partial charge in [-0.1, -0.05) is 22.9 Å². The van der Waals surface area contributed by atoms with E-state index >= 15 is 0 Å². The molecule has 0 spiro atoms. The Hall–Kier alpha value is -2.48. The van der Waals surface area contributed by atoms with E-state index in [2.05, 4.69) is 10.3 Å². The van der Waals surface area contributed by atoms with Crippen molar-refractivity contribution in [2.24, 2.45) is 0 Å². The Morgan fingerprint density at radius 3 is 2.83 bits per heavy atom. The average Bonchev–Trinajstić information content (AvgIpc) is 2.98. The molecule has 7 nitrogen and oxygen atoms in total. The summed E-state index contributed by atoms with van der Waals surface area (Å²) in [6, 6.07) is 4.03. The number of hydrogen-bond donors (Lipinski definition) is 0. The van der Waals surface area contributed by atoms with E-state index in [1.807, 2.05) is 0 Å². The quantitative estimate of drug-likeness (QED) is 0.739. The van der Waals surface area contributed by atoms with E-state index in [1.54, 1.807) is 6.92 Å². The van der Waals surface area contributed by atoms with Gasteiger partial charge in [-0.05, 0) is 24.6 Å². The zero-order valence-corrected chi connectivity index (χ0v) is 14.0. The first kappa shape index (κ1) is 17.9. The lowest BCUT2D eigenvalue weighted by Crippen LogP contribution is -2.33. The van der Waals surface area contributed by atoms with Crippen molar-refractivity contribution in [3.8, 4) is 0 Å². The fourth-order valence-electron chi connectivity index (χ4n) is 1.97. The van der Waals surface area contributed by atoms with Crippen molar-refractivity contribution in [3.63, 3.8) is 0 Å². The summed E-state index contributed by atoms with van der Waals surface area (Å²) in [4.78, 5) is 24.8. The molecule has 1 aromatic carbocycles. The molecule has 0 aliphatic heterocycles. The number of nitrogens with zero attached hydrogens (tertiary/aromatic N) is 4. The van der Waals surface area contributed by atoms with E-state index in [1.165, 1.54) is 41.0 Å². The largest absolute Gasteiger partial charge is 0.465 e. The lowest BCUT2D eigenvalue weighted by Gasteiger charge is -2.14. The van der Waals surface area contributed by atoms with E-state index in [0.717, 1.165) is 0 Å². The second kappa shape index (κ2) is 7.87. The van der Waals surface area contributed by atoms with E-state index in [-0.39, 0.29) is 30.4 Å². The summed E-state index contributed by atoms with van der Waals surface area (Å²) in [6.07, 6.45) is 1.43. The monoisotopic (exact) mass is 354 g/mol. The highest BCUT2D eigenvalue weighted by Gasteiger charge is 2.19. The number of carbonyl (C=O) groups is 2. The Morgan fingerprint density at radius 2 is 2.17 bits per heavy atom. The predicted octanol–water partition coefficient (Wildman–Crippen LogP) is 1.75. The Labute approximate surface area is 143 Å². The number of hydrogen-bond acceptors (Lipinski definition) is 5. The van der Waals surface area contributed by atoms with Gasteiger partial charge in [-0.3, -0.25) is 9.59 Å². The summed E-state index contributed by atoms with van der Waals surface area (Å²) in [5.41, 5.74) is 0.724. The smallest absolute Gasteiger partial charge is 0.325 e. The molecule has 0 fully saturated rings. The third-order valence-corrected chi connectivity index (χ3v) is 3.48. The van der Waals surface area contributed by atoms with Crippen molar-refractivity contribution in [1.29, 1.82) is 0 Å². The van der Waals surface area contributed by atoms with Crippen LogP contribution in [-0.4, -0.2) is 52.0 Å². The van der Waals surface area contributed by atoms with Crippen LogP contribution in [-0.2, 0) is 16.1 Å². The van der Waals surface area contributed by atoms with Gasteiger partial charge < -0.3 is 9.64 Å². The fourth-order valence-corrected chi connectivity index (χ4v) is 2.19. The Morgan fingerprint density at radius 1 is 1.42 bits per heavy atom. The maximum atomic E-state index is 13.0. The number of benzene rings is 1. The molecule has 0 bridgehead atoms. The standard InChI is InChI=1S/C15H16ClFN4O3/c1-3-24-14(22)9-20(2)15(23)13-8-21(19-18-13)7-10-4-5-11(17)6-12(10)16/h4-6,8H,3,7,9H2,1-2H3. The maximum Gasteiger partial charge on any atom is 0.325 e. The summed E-state index contributed by atoms with van der Waals surface area (Å²) in [7, 11) is 1.47. The summed E-state index contributed by atoms with van der Waals surface area (Å²) in [5.74, 6) is -1.39. The first-order valence-electron chi connectivity index (χ1n) is 7.16. The van der Waals surface area contributed by atoms with Crippen molar-refractivity contribution in [2.45, 2.75) is 13.5 Å². The van der Waals surface area contributed by atoms with Crippen LogP contribution in [0.3, 0.4) is 0 Å². The predicted molar refractivity (Wildman–Crippen MR) is 84.1 cm³/mol. The minimum absolute atomic E-state index is 0.0834. The highest BCUT2D eigenvalue weighted by Crippen LogP contribution is 2.18. The Balaban J connectivity index is 2.04. The van der Waals surface area contributed by atoms with Crippen molar-refractivity contribution in [3.05, 3.63) is 46.5 Å². The van der Waals surface area contributed by atoms with Gasteiger partial charge in [0.2, 0.25) is 0 Å². The zero-order chi connectivity index (χ0) is 17.7. The highest BCUT2D eigenvalue weighted by molar-refractivity contribution is 6.31. The molecule has 128 valence electrons. The summed E-state index contributed by atoms with van der Waals surface area (Å²) >= 11 is 5.96. The molecule has 0 saturated heterocycles. The third-order valence-electron chi connectivity index (χ3n) is 3.12. The Kier molecular flexibility index (Phi) is 5.86. The first-order chi connectivity index (χ1) is 11.4. The van der Waals surface area contributed by atoms with Crippen LogP contribution < -0.4 is 0 Å². The number of amides is 1. The van der Waals surface area contributed by atoms with Gasteiger partial charge in [-0.25, -0.2) is 9.07 Å². The lowest BCUT2D eigenvalue weighted by molar-refractivity contribution is -0.143. The average molecular weight is 355 g/mol. The number of rotatable bonds is 6. The number of ether oxygens (including phenoxy) is 1. The molecule has 0 atom stereocenters. The molecule has 0 aliphatic carbocycles. The maximum absolute atomic E-state index is 13.0. The van der Waals surface area contributed by atoms with Gasteiger partial charge in [0.05, 0.1) is 19.3 Å². The van der Waals surface area contributed by atoms with Gasteiger partial charge >= 0.3 is 5.97 Å². The number of halogens is 2. The van der Waals surface area contributed by atoms with E-state index < -0.39 is 17.7 Å². The number of carbonyl (C=O) groups excluding carboxylic acids is 2. The summed E-state index contributed by atoms with van der Waals surface area (Å²) < 4.78 is 19.2. The van der Waals surface area contributed by atoms with Gasteiger partial charge in [-0.15, -0.1) is 5.10 Å². The number of aromatic nitrogens is 3. The Bertz CT molecular complexity index is 750. The van der Waals surface area contributed by atoms with E-state index in [4.69, 9.17) is 16.3 Å². The van der Waals surface area contributed by atoms with Gasteiger partial charge in [0.25, 0.3) is 5.91 Å². The zero-order valence-electron chi connectivity index (χ0n) is 13.2. The molecule has 0 N–H and O–H groups in total. The summed E-state index contributed by atoms with van der Waals surface area (Å²) in [5, 5.41) is 7.89. The third kappa shape index (κ3) is 4.51. The number of likely N-dealkylation sites (N-methyl/N-ethyl adjacent to an activating group) is 1. The van der Waals surface area contributed by atoms with E-state index in [9.17, 15) is 14.0 Å². The van der Waals surface area contributed by atoms with Crippen LogP contribution >= 0.6 is 11.6 Å². The molecule has 0 saturated carbocycles. The summed E-state index contributed by atoms with van der Waals surface area (Å²) in [6.45, 7) is 1.99. The topological polar surface area (TPSA) is 77.3 Å². The SMILES string of the molecule is CCOC(=O)CN(C)C(=O)c1cn(Cc2ccc(F)cc2Cl)nn1. The van der Waals surface area contributed by atoms with Gasteiger partial charge in [0.15, 0.2) is 5.69 Å². The molecule has 0 radical (unpaired) electrons. The van der Waals surface area contributed by atoms with Crippen molar-refractivity contribution in [2.75, 3.05) is 20.2 Å². The van der Waals surface area contributed by atoms with Gasteiger partial charge in [0.1, 0.15) is 12.4 Å². The molecule has 2 aromatic rings. The fraction of sp³-hybridized carbons (Fsp3) is 0.333. The molecule has 9 heteroatoms. The molecule has 1 amide bonds. The van der Waals surface area contributed by atoms with Crippen LogP contribution in [0.4, 0.5) is 4.39 Å². The molecule has 2 rings (SSSR count). The van der Waals surface area contributed by atoms with Crippen LogP contribution in [0.15, 0.2) is 24.4 Å². The molecule has 24 heavy (non-hydrogen) atoms. The van der Waals surface area contributed by atoms with Crippen LogP contribution in [0.2, 0.25) is 5.02 Å². The molecule has 1 aromatic heterocycles. The number of esters is 1. The molecule has 1 heterocycles. The molecular weight excluding hydrogens is 339 g/mol. The van der Waals surface area contributed by atoms with Crippen LogP contribution in [0.5, 0.6) is 0 Å². The second-order valence-electron chi connectivity index (χ2n) is 5.00. The second-order valence-corrected chi connectivity index (χ2v) is 5.41. The lowest BCUT2D eigenvalue weighted by atomic mass is 10.2. The van der Waals surface area contributed by atoms with Crippen LogP contribution in [0.25, 0.3) is 0 Å². The van der Waals surface area contributed by atoms with Gasteiger partial charge in [-0.2, -0.15) is 0 Å². The molecule has 0 aliphatic rings. The highest BCUT2D eigenvalue weighted by atomic mass is 35.5. The molecular formula is C15H16ClFN4O3. The van der Waals surface area contributed by atoms with E-state index in [0.29, 0.717) is 5.56 Å². The van der Waals surface area contributed by atoms with Crippen molar-refractivity contribution >= 4 is 23.5 Å². The minimum Gasteiger partial charge on any atom is -0.465 e.